The number of rotatable bonds is 23. The first-order chi connectivity index (χ1) is 21.9. The molecule has 46 heavy (non-hydrogen) atoms. The van der Waals surface area contributed by atoms with Crippen LogP contribution in [0.5, 0.6) is 5.75 Å². The summed E-state index contributed by atoms with van der Waals surface area (Å²) in [6.45, 7) is 8.70. The van der Waals surface area contributed by atoms with Gasteiger partial charge in [0.15, 0.2) is 0 Å². The first-order valence-corrected chi connectivity index (χ1v) is 18.2. The van der Waals surface area contributed by atoms with Crippen LogP contribution in [0.3, 0.4) is 0 Å². The lowest BCUT2D eigenvalue weighted by atomic mass is 9.82. The highest BCUT2D eigenvalue weighted by Crippen LogP contribution is 2.35. The van der Waals surface area contributed by atoms with Crippen LogP contribution in [0.1, 0.15) is 118 Å². The first kappa shape index (κ1) is 39.1. The molecule has 2 rings (SSSR count). The van der Waals surface area contributed by atoms with Crippen LogP contribution in [0.4, 0.5) is 5.69 Å². The van der Waals surface area contributed by atoms with Gasteiger partial charge in [0.2, 0.25) is 5.78 Å². The standard InChI is InChI=1S/C35H54N2O8S/c1-6-7-8-9-10-11-12-13-14-15-16-17-18-19-22-44-33-27-30(31(38)26-29(33)35(2,3)4)36-46(41,42)34-25-28(37(39)40)20-21-32(34)45-24-23-43-5/h20-21,25-27H,6-19,22-24H2,1-5H3. The number of unbranched alkanes of at least 4 members (excludes halogenated alkanes) is 13. The molecular weight excluding hydrogens is 608 g/mol. The van der Waals surface area contributed by atoms with E-state index in [2.05, 4.69) is 11.3 Å². The third-order valence-corrected chi connectivity index (χ3v) is 9.12. The third kappa shape index (κ3) is 13.7. The number of ketones is 1. The van der Waals surface area contributed by atoms with Gasteiger partial charge in [-0.3, -0.25) is 14.9 Å². The van der Waals surface area contributed by atoms with Gasteiger partial charge in [0.1, 0.15) is 28.7 Å². The van der Waals surface area contributed by atoms with Gasteiger partial charge in [-0.25, -0.2) is 0 Å². The number of methoxy groups -OCH3 is 1. The molecule has 0 spiro atoms. The van der Waals surface area contributed by atoms with Gasteiger partial charge in [-0.15, -0.1) is 0 Å². The topological polar surface area (TPSA) is 134 Å². The number of hydrogen-bond acceptors (Lipinski definition) is 8. The molecule has 0 saturated heterocycles. The van der Waals surface area contributed by atoms with Crippen LogP contribution in [0.25, 0.3) is 0 Å². The van der Waals surface area contributed by atoms with Gasteiger partial charge in [0.05, 0.1) is 18.1 Å². The molecule has 258 valence electrons. The number of nitro groups is 1. The number of carbonyl (C=O) groups excluding carboxylic acids is 1. The van der Waals surface area contributed by atoms with Crippen LogP contribution in [-0.4, -0.2) is 51.8 Å². The number of nitro benzene ring substituents is 1. The molecule has 1 aromatic rings. The second kappa shape index (κ2) is 20.2. The zero-order valence-electron chi connectivity index (χ0n) is 28.5. The molecule has 0 aromatic heterocycles. The van der Waals surface area contributed by atoms with Gasteiger partial charge in [-0.2, -0.15) is 12.8 Å². The Morgan fingerprint density at radius 2 is 1.37 bits per heavy atom. The van der Waals surface area contributed by atoms with Crippen molar-refractivity contribution in [3.63, 3.8) is 0 Å². The number of non-ortho nitro benzene ring substituents is 1. The van der Waals surface area contributed by atoms with Gasteiger partial charge in [-0.05, 0) is 24.0 Å². The Labute approximate surface area is 275 Å². The summed E-state index contributed by atoms with van der Waals surface area (Å²) >= 11 is 0. The van der Waals surface area contributed by atoms with Gasteiger partial charge < -0.3 is 14.2 Å². The Kier molecular flexibility index (Phi) is 17.2. The molecule has 0 saturated carbocycles. The molecule has 0 fully saturated rings. The maximum atomic E-state index is 13.4. The van der Waals surface area contributed by atoms with E-state index in [1.165, 1.54) is 96.0 Å². The minimum absolute atomic E-state index is 0.0150. The molecule has 0 bridgehead atoms. The number of carbonyl (C=O) groups is 1. The smallest absolute Gasteiger partial charge is 0.286 e. The zero-order valence-corrected chi connectivity index (χ0v) is 29.3. The Morgan fingerprint density at radius 3 is 1.89 bits per heavy atom. The van der Waals surface area contributed by atoms with Gasteiger partial charge in [-0.1, -0.05) is 111 Å². The average molecular weight is 663 g/mol. The van der Waals surface area contributed by atoms with E-state index in [-0.39, 0.29) is 24.7 Å². The lowest BCUT2D eigenvalue weighted by molar-refractivity contribution is -0.385. The fraction of sp³-hybridized carbons (Fsp3) is 0.657. The van der Waals surface area contributed by atoms with E-state index in [0.29, 0.717) is 17.9 Å². The molecule has 0 aliphatic heterocycles. The number of allylic oxidation sites excluding steroid dienone is 3. The molecular formula is C35H54N2O8S. The molecule has 0 radical (unpaired) electrons. The SMILES string of the molecule is CCCCCCCCCCCCCCCCOC1=CC(=NS(=O)(=O)c2cc([N+](=O)[O-])ccc2OCCOC)C(=O)C=C1C(C)(C)C. The van der Waals surface area contributed by atoms with Gasteiger partial charge in [0, 0.05) is 30.9 Å². The largest absolute Gasteiger partial charge is 0.493 e. The average Bonchev–Trinajstić information content (AvgIpc) is 2.99. The lowest BCUT2D eigenvalue weighted by Gasteiger charge is -2.27. The Morgan fingerprint density at radius 1 is 0.804 bits per heavy atom. The highest BCUT2D eigenvalue weighted by Gasteiger charge is 2.31. The summed E-state index contributed by atoms with van der Waals surface area (Å²) in [4.78, 5) is 23.2. The van der Waals surface area contributed by atoms with Crippen molar-refractivity contribution in [2.45, 2.75) is 122 Å². The van der Waals surface area contributed by atoms with E-state index >= 15 is 0 Å². The monoisotopic (exact) mass is 662 g/mol. The van der Waals surface area contributed by atoms with E-state index < -0.39 is 36.7 Å². The molecule has 0 N–H and O–H groups in total. The fourth-order valence-corrected chi connectivity index (χ4v) is 6.30. The quantitative estimate of drug-likeness (QED) is 0.0492. The maximum Gasteiger partial charge on any atom is 0.286 e. The van der Waals surface area contributed by atoms with E-state index in [1.54, 1.807) is 0 Å². The van der Waals surface area contributed by atoms with Crippen LogP contribution in [-0.2, 0) is 24.3 Å². The molecule has 1 aliphatic rings. The summed E-state index contributed by atoms with van der Waals surface area (Å²) < 4.78 is 47.2. The van der Waals surface area contributed by atoms with Crippen molar-refractivity contribution in [3.05, 3.63) is 51.8 Å². The zero-order chi connectivity index (χ0) is 34.0. The van der Waals surface area contributed by atoms with E-state index in [9.17, 15) is 23.3 Å². The summed E-state index contributed by atoms with van der Waals surface area (Å²) in [7, 11) is -3.12. The van der Waals surface area contributed by atoms with Gasteiger partial charge in [0.25, 0.3) is 15.7 Å². The van der Waals surface area contributed by atoms with Crippen molar-refractivity contribution in [3.8, 4) is 5.75 Å². The minimum Gasteiger partial charge on any atom is -0.493 e. The number of nitrogens with zero attached hydrogens (tertiary/aromatic N) is 2. The Bertz CT molecular complexity index is 1330. The van der Waals surface area contributed by atoms with E-state index in [0.717, 1.165) is 31.4 Å². The van der Waals surface area contributed by atoms with Crippen molar-refractivity contribution in [1.82, 2.24) is 0 Å². The summed E-state index contributed by atoms with van der Waals surface area (Å²) in [5.74, 6) is -0.324. The van der Waals surface area contributed by atoms with Gasteiger partial charge >= 0.3 is 0 Å². The van der Waals surface area contributed by atoms with Crippen molar-refractivity contribution >= 4 is 27.2 Å². The molecule has 0 heterocycles. The maximum absolute atomic E-state index is 13.4. The fourth-order valence-electron chi connectivity index (χ4n) is 5.15. The van der Waals surface area contributed by atoms with Crippen LogP contribution >= 0.6 is 0 Å². The van der Waals surface area contributed by atoms with Crippen molar-refractivity contribution in [2.75, 3.05) is 26.9 Å². The molecule has 1 aromatic carbocycles. The number of benzene rings is 1. The van der Waals surface area contributed by atoms with E-state index in [4.69, 9.17) is 14.2 Å². The number of ether oxygens (including phenoxy) is 3. The Balaban J connectivity index is 2.01. The minimum atomic E-state index is -4.58. The van der Waals surface area contributed by atoms with Crippen LogP contribution in [0.2, 0.25) is 0 Å². The summed E-state index contributed by atoms with van der Waals surface area (Å²) in [6, 6.07) is 3.21. The molecule has 0 amide bonds. The first-order valence-electron chi connectivity index (χ1n) is 16.8. The van der Waals surface area contributed by atoms with Crippen molar-refractivity contribution in [2.24, 2.45) is 9.81 Å². The summed E-state index contributed by atoms with van der Waals surface area (Å²) in [5.41, 5.74) is -0.573. The molecule has 11 heteroatoms. The molecule has 0 atom stereocenters. The van der Waals surface area contributed by atoms with Crippen LogP contribution in [0.15, 0.2) is 51.0 Å². The highest BCUT2D eigenvalue weighted by atomic mass is 32.2. The second-order valence-corrected chi connectivity index (χ2v) is 14.4. The predicted molar refractivity (Wildman–Crippen MR) is 182 cm³/mol. The van der Waals surface area contributed by atoms with E-state index in [1.807, 2.05) is 20.8 Å². The molecule has 1 aliphatic carbocycles. The van der Waals surface area contributed by atoms with Crippen molar-refractivity contribution < 1.29 is 32.3 Å². The number of hydrogen-bond donors (Lipinski definition) is 0. The van der Waals surface area contributed by atoms with Crippen LogP contribution in [0, 0.1) is 15.5 Å². The highest BCUT2D eigenvalue weighted by molar-refractivity contribution is 7.90. The van der Waals surface area contributed by atoms with Crippen molar-refractivity contribution in [1.29, 1.82) is 0 Å². The van der Waals surface area contributed by atoms with Crippen LogP contribution < -0.4 is 4.74 Å². The predicted octanol–water partition coefficient (Wildman–Crippen LogP) is 8.69. The summed E-state index contributed by atoms with van der Waals surface area (Å²) in [5, 5.41) is 11.4. The third-order valence-electron chi connectivity index (χ3n) is 7.80. The molecule has 10 nitrogen and oxygen atoms in total. The summed E-state index contributed by atoms with van der Waals surface area (Å²) in [6.07, 6.45) is 20.2. The molecule has 0 unspecified atom stereocenters. The lowest BCUT2D eigenvalue weighted by Crippen LogP contribution is -2.24. The Hall–Kier alpha value is -3.05. The number of sulfonamides is 1. The normalized spacial score (nSPS) is 14.7. The second-order valence-electron chi connectivity index (χ2n) is 12.8.